The van der Waals surface area contributed by atoms with Crippen LogP contribution in [-0.2, 0) is 11.3 Å². The summed E-state index contributed by atoms with van der Waals surface area (Å²) in [5.41, 5.74) is 1.40. The van der Waals surface area contributed by atoms with Crippen LogP contribution in [0.5, 0.6) is 0 Å². The predicted octanol–water partition coefficient (Wildman–Crippen LogP) is 3.37. The lowest BCUT2D eigenvalue weighted by molar-refractivity contribution is 0.0625. The zero-order chi connectivity index (χ0) is 19.6. The van der Waals surface area contributed by atoms with Crippen molar-refractivity contribution in [2.24, 2.45) is 10.9 Å². The maximum atomic E-state index is 5.49. The van der Waals surface area contributed by atoms with Gasteiger partial charge < -0.3 is 15.0 Å². The molecule has 0 saturated carbocycles. The molecule has 2 saturated heterocycles. The summed E-state index contributed by atoms with van der Waals surface area (Å²) in [5.74, 6) is 1.86. The summed E-state index contributed by atoms with van der Waals surface area (Å²) < 4.78 is 5.49. The third-order valence-electron chi connectivity index (χ3n) is 6.09. The van der Waals surface area contributed by atoms with Gasteiger partial charge in [-0.1, -0.05) is 30.3 Å². The fourth-order valence-electron chi connectivity index (χ4n) is 4.31. The summed E-state index contributed by atoms with van der Waals surface area (Å²) in [6, 6.07) is 11.4. The van der Waals surface area contributed by atoms with Crippen molar-refractivity contribution >= 4 is 5.96 Å². The number of benzene rings is 1. The molecule has 1 N–H and O–H groups in total. The van der Waals surface area contributed by atoms with Gasteiger partial charge in [0, 0.05) is 45.9 Å². The topological polar surface area (TPSA) is 40.1 Å². The van der Waals surface area contributed by atoms with Gasteiger partial charge in [0.2, 0.25) is 0 Å². The van der Waals surface area contributed by atoms with Crippen LogP contribution in [0, 0.1) is 5.92 Å². The highest BCUT2D eigenvalue weighted by Gasteiger charge is 2.24. The molecule has 0 aliphatic carbocycles. The van der Waals surface area contributed by atoms with E-state index in [9.17, 15) is 0 Å². The Balaban J connectivity index is 1.51. The van der Waals surface area contributed by atoms with E-state index >= 15 is 0 Å². The van der Waals surface area contributed by atoms with Crippen LogP contribution in [0.15, 0.2) is 35.3 Å². The van der Waals surface area contributed by atoms with Crippen molar-refractivity contribution in [2.75, 3.05) is 46.4 Å². The Morgan fingerprint density at radius 2 is 2.00 bits per heavy atom. The molecule has 0 amide bonds. The van der Waals surface area contributed by atoms with Crippen molar-refractivity contribution in [1.82, 2.24) is 15.1 Å². The summed E-state index contributed by atoms with van der Waals surface area (Å²) in [5, 5.41) is 3.49. The van der Waals surface area contributed by atoms with Gasteiger partial charge in [-0.05, 0) is 57.1 Å². The molecule has 1 aromatic carbocycles. The lowest BCUT2D eigenvalue weighted by Crippen LogP contribution is -2.41. The van der Waals surface area contributed by atoms with E-state index in [1.54, 1.807) is 0 Å². The molecule has 1 aromatic rings. The van der Waals surface area contributed by atoms with Crippen molar-refractivity contribution in [3.05, 3.63) is 35.9 Å². The first-order valence-electron chi connectivity index (χ1n) is 11.1. The van der Waals surface area contributed by atoms with E-state index in [0.29, 0.717) is 6.04 Å². The average Bonchev–Trinajstić information content (AvgIpc) is 3.17. The fourth-order valence-corrected chi connectivity index (χ4v) is 4.31. The Hall–Kier alpha value is -1.59. The molecule has 0 aromatic heterocycles. The van der Waals surface area contributed by atoms with Crippen molar-refractivity contribution in [3.8, 4) is 0 Å². The normalized spacial score (nSPS) is 21.8. The minimum Gasteiger partial charge on any atom is -0.381 e. The summed E-state index contributed by atoms with van der Waals surface area (Å²) in [4.78, 5) is 9.93. The molecule has 2 fully saturated rings. The number of hydrogen-bond donors (Lipinski definition) is 1. The zero-order valence-corrected chi connectivity index (χ0v) is 17.8. The maximum Gasteiger partial charge on any atom is 0.193 e. The van der Waals surface area contributed by atoms with Crippen molar-refractivity contribution in [2.45, 2.75) is 51.6 Å². The first kappa shape index (κ1) is 21.1. The van der Waals surface area contributed by atoms with Crippen LogP contribution in [0.3, 0.4) is 0 Å². The highest BCUT2D eigenvalue weighted by atomic mass is 16.5. The van der Waals surface area contributed by atoms with E-state index in [1.165, 1.54) is 44.2 Å². The van der Waals surface area contributed by atoms with E-state index in [-0.39, 0.29) is 0 Å². The van der Waals surface area contributed by atoms with E-state index in [4.69, 9.17) is 9.73 Å². The average molecular weight is 387 g/mol. The van der Waals surface area contributed by atoms with Crippen LogP contribution in [0.1, 0.15) is 44.6 Å². The van der Waals surface area contributed by atoms with E-state index in [0.717, 1.165) is 51.3 Å². The Morgan fingerprint density at radius 3 is 2.75 bits per heavy atom. The number of nitrogens with zero attached hydrogens (tertiary/aromatic N) is 3. The van der Waals surface area contributed by atoms with Gasteiger partial charge in [0.05, 0.1) is 6.54 Å². The van der Waals surface area contributed by atoms with Gasteiger partial charge in [-0.25, -0.2) is 0 Å². The van der Waals surface area contributed by atoms with Gasteiger partial charge in [0.15, 0.2) is 5.96 Å². The molecule has 2 aliphatic rings. The number of ether oxygens (including phenoxy) is 1. The fraction of sp³-hybridized carbons (Fsp3) is 0.696. The van der Waals surface area contributed by atoms with E-state index < -0.39 is 0 Å². The summed E-state index contributed by atoms with van der Waals surface area (Å²) in [7, 11) is 2.18. The van der Waals surface area contributed by atoms with Gasteiger partial charge in [-0.3, -0.25) is 9.89 Å². The van der Waals surface area contributed by atoms with E-state index in [2.05, 4.69) is 59.4 Å². The number of rotatable bonds is 8. The molecule has 3 rings (SSSR count). The molecular formula is C23H38N4O. The molecule has 5 heteroatoms. The molecule has 1 unspecified atom stereocenters. The Bertz CT molecular complexity index is 586. The van der Waals surface area contributed by atoms with Crippen LogP contribution in [-0.4, -0.2) is 68.2 Å². The van der Waals surface area contributed by atoms with Crippen molar-refractivity contribution < 1.29 is 4.74 Å². The lowest BCUT2D eigenvalue weighted by Gasteiger charge is -2.28. The standard InChI is InChI=1S/C23H38N4O/c1-3-24-23(26(2)15-11-20-12-16-28-17-13-20)25-18-22-10-7-14-27(22)19-21-8-5-4-6-9-21/h4-6,8-9,20,22H,3,7,10-19H2,1-2H3,(H,24,25). The SMILES string of the molecule is CCNC(=NCC1CCCN1Cc1ccccc1)N(C)CCC1CCOCC1. The minimum atomic E-state index is 0.553. The van der Waals surface area contributed by atoms with E-state index in [1.807, 2.05) is 0 Å². The molecule has 2 heterocycles. The van der Waals surface area contributed by atoms with Crippen LogP contribution in [0.2, 0.25) is 0 Å². The van der Waals surface area contributed by atoms with Gasteiger partial charge in [0.1, 0.15) is 0 Å². The number of likely N-dealkylation sites (tertiary alicyclic amines) is 1. The molecule has 2 aliphatic heterocycles. The molecule has 0 radical (unpaired) electrons. The first-order valence-corrected chi connectivity index (χ1v) is 11.1. The summed E-state index contributed by atoms with van der Waals surface area (Å²) in [6.07, 6.45) is 6.18. The minimum absolute atomic E-state index is 0.553. The van der Waals surface area contributed by atoms with Gasteiger partial charge in [0.25, 0.3) is 0 Å². The lowest BCUT2D eigenvalue weighted by atomic mass is 9.96. The zero-order valence-electron chi connectivity index (χ0n) is 17.8. The van der Waals surface area contributed by atoms with Gasteiger partial charge in [-0.15, -0.1) is 0 Å². The molecule has 0 bridgehead atoms. The van der Waals surface area contributed by atoms with Crippen molar-refractivity contribution in [1.29, 1.82) is 0 Å². The number of nitrogens with one attached hydrogen (secondary N) is 1. The predicted molar refractivity (Wildman–Crippen MR) is 117 cm³/mol. The maximum absolute atomic E-state index is 5.49. The molecule has 5 nitrogen and oxygen atoms in total. The molecule has 1 atom stereocenters. The molecule has 156 valence electrons. The number of aliphatic imine (C=N–C) groups is 1. The smallest absolute Gasteiger partial charge is 0.193 e. The Labute approximate surface area is 171 Å². The second-order valence-electron chi connectivity index (χ2n) is 8.21. The van der Waals surface area contributed by atoms with Crippen molar-refractivity contribution in [3.63, 3.8) is 0 Å². The van der Waals surface area contributed by atoms with Gasteiger partial charge >= 0.3 is 0 Å². The van der Waals surface area contributed by atoms with Crippen LogP contribution >= 0.6 is 0 Å². The second-order valence-corrected chi connectivity index (χ2v) is 8.21. The number of hydrogen-bond acceptors (Lipinski definition) is 3. The summed E-state index contributed by atoms with van der Waals surface area (Å²) >= 11 is 0. The van der Waals surface area contributed by atoms with Crippen LogP contribution < -0.4 is 5.32 Å². The monoisotopic (exact) mass is 386 g/mol. The highest BCUT2D eigenvalue weighted by molar-refractivity contribution is 5.79. The van der Waals surface area contributed by atoms with Crippen LogP contribution in [0.25, 0.3) is 0 Å². The quantitative estimate of drug-likeness (QED) is 0.549. The van der Waals surface area contributed by atoms with Gasteiger partial charge in [-0.2, -0.15) is 0 Å². The number of guanidine groups is 1. The summed E-state index contributed by atoms with van der Waals surface area (Å²) in [6.45, 7) is 9.11. The van der Waals surface area contributed by atoms with Crippen LogP contribution in [0.4, 0.5) is 0 Å². The largest absolute Gasteiger partial charge is 0.381 e. The molecule has 28 heavy (non-hydrogen) atoms. The second kappa shape index (κ2) is 11.4. The Morgan fingerprint density at radius 1 is 1.21 bits per heavy atom. The Kier molecular flexibility index (Phi) is 8.62. The third kappa shape index (κ3) is 6.49. The third-order valence-corrected chi connectivity index (χ3v) is 6.09. The molecular weight excluding hydrogens is 348 g/mol. The first-order chi connectivity index (χ1) is 13.8. The molecule has 0 spiro atoms. The highest BCUT2D eigenvalue weighted by Crippen LogP contribution is 2.21.